The van der Waals surface area contributed by atoms with Crippen LogP contribution in [0, 0.1) is 19.8 Å². The number of sulfonamides is 1. The van der Waals surface area contributed by atoms with Crippen LogP contribution in [0.2, 0.25) is 0 Å². The van der Waals surface area contributed by atoms with E-state index < -0.39 is 15.9 Å². The topological polar surface area (TPSA) is 96.6 Å². The van der Waals surface area contributed by atoms with E-state index in [0.717, 1.165) is 23.1 Å². The highest BCUT2D eigenvalue weighted by Gasteiger charge is 2.35. The van der Waals surface area contributed by atoms with Crippen LogP contribution in [0.4, 0.5) is 0 Å². The van der Waals surface area contributed by atoms with Gasteiger partial charge in [-0.3, -0.25) is 4.79 Å². The first-order chi connectivity index (χ1) is 16.8. The number of rotatable bonds is 8. The SMILES string of the molecule is CCCN(Cc1nc(-c2cccc(C)c2)no1)C(=O)[C@H]1CCCN(S(=O)(=O)c2ccc(C)cc2)C1. The number of carbonyl (C=O) groups excluding carboxylic acids is 1. The van der Waals surface area contributed by atoms with E-state index in [1.165, 1.54) is 4.31 Å². The average molecular weight is 497 g/mol. The number of aryl methyl sites for hydroxylation is 2. The molecule has 9 heteroatoms. The van der Waals surface area contributed by atoms with Crippen LogP contribution in [-0.4, -0.2) is 53.3 Å². The molecule has 1 fully saturated rings. The molecule has 3 aromatic rings. The summed E-state index contributed by atoms with van der Waals surface area (Å²) in [6.45, 7) is 7.24. The molecule has 35 heavy (non-hydrogen) atoms. The lowest BCUT2D eigenvalue weighted by atomic mass is 9.98. The minimum Gasteiger partial charge on any atom is -0.337 e. The third-order valence-electron chi connectivity index (χ3n) is 6.27. The van der Waals surface area contributed by atoms with E-state index in [2.05, 4.69) is 10.1 Å². The quantitative estimate of drug-likeness (QED) is 0.464. The molecule has 0 spiro atoms. The summed E-state index contributed by atoms with van der Waals surface area (Å²) in [7, 11) is -3.65. The van der Waals surface area contributed by atoms with Crippen LogP contribution in [0.3, 0.4) is 0 Å². The zero-order valence-electron chi connectivity index (χ0n) is 20.5. The van der Waals surface area contributed by atoms with Gasteiger partial charge in [0.25, 0.3) is 0 Å². The third kappa shape index (κ3) is 5.79. The predicted octanol–water partition coefficient (Wildman–Crippen LogP) is 4.19. The van der Waals surface area contributed by atoms with Crippen molar-refractivity contribution >= 4 is 15.9 Å². The maximum atomic E-state index is 13.5. The van der Waals surface area contributed by atoms with E-state index in [9.17, 15) is 13.2 Å². The number of carbonyl (C=O) groups is 1. The van der Waals surface area contributed by atoms with Crippen LogP contribution in [0.15, 0.2) is 57.9 Å². The molecule has 186 valence electrons. The molecule has 4 rings (SSSR count). The second-order valence-corrected chi connectivity index (χ2v) is 11.1. The van der Waals surface area contributed by atoms with E-state index in [1.807, 2.05) is 45.0 Å². The molecule has 0 aliphatic carbocycles. The van der Waals surface area contributed by atoms with Gasteiger partial charge in [0.1, 0.15) is 0 Å². The number of amides is 1. The van der Waals surface area contributed by atoms with Crippen LogP contribution in [0.25, 0.3) is 11.4 Å². The second-order valence-electron chi connectivity index (χ2n) is 9.16. The second kappa shape index (κ2) is 10.7. The summed E-state index contributed by atoms with van der Waals surface area (Å²) < 4.78 is 33.3. The Balaban J connectivity index is 1.47. The lowest BCUT2D eigenvalue weighted by Gasteiger charge is -2.34. The smallest absolute Gasteiger partial charge is 0.246 e. The van der Waals surface area contributed by atoms with Crippen LogP contribution in [-0.2, 0) is 21.4 Å². The molecule has 8 nitrogen and oxygen atoms in total. The van der Waals surface area contributed by atoms with Gasteiger partial charge in [-0.05, 0) is 51.3 Å². The Kier molecular flexibility index (Phi) is 7.66. The molecular formula is C26H32N4O4S. The Labute approximate surface area is 207 Å². The molecule has 1 aliphatic heterocycles. The lowest BCUT2D eigenvalue weighted by molar-refractivity contribution is -0.137. The van der Waals surface area contributed by atoms with Gasteiger partial charge in [0.2, 0.25) is 27.6 Å². The molecule has 0 radical (unpaired) electrons. The summed E-state index contributed by atoms with van der Waals surface area (Å²) >= 11 is 0. The molecule has 1 aliphatic rings. The summed E-state index contributed by atoms with van der Waals surface area (Å²) in [5.74, 6) is 0.365. The Bertz CT molecular complexity index is 1270. The van der Waals surface area contributed by atoms with Crippen molar-refractivity contribution in [1.82, 2.24) is 19.3 Å². The molecule has 2 heterocycles. The maximum absolute atomic E-state index is 13.5. The van der Waals surface area contributed by atoms with Gasteiger partial charge in [0, 0.05) is 25.2 Å². The Morgan fingerprint density at radius 3 is 2.63 bits per heavy atom. The minimum absolute atomic E-state index is 0.0778. The maximum Gasteiger partial charge on any atom is 0.246 e. The Hall–Kier alpha value is -3.04. The van der Waals surface area contributed by atoms with Crippen LogP contribution < -0.4 is 0 Å². The van der Waals surface area contributed by atoms with Crippen molar-refractivity contribution in [3.63, 3.8) is 0 Å². The average Bonchev–Trinajstić information content (AvgIpc) is 3.32. The van der Waals surface area contributed by atoms with Crippen LogP contribution in [0.5, 0.6) is 0 Å². The summed E-state index contributed by atoms with van der Waals surface area (Å²) in [5.41, 5.74) is 2.95. The highest BCUT2D eigenvalue weighted by Crippen LogP contribution is 2.26. The number of benzene rings is 2. The predicted molar refractivity (Wildman–Crippen MR) is 133 cm³/mol. The monoisotopic (exact) mass is 496 g/mol. The fourth-order valence-electron chi connectivity index (χ4n) is 4.40. The van der Waals surface area contributed by atoms with Crippen molar-refractivity contribution < 1.29 is 17.7 Å². The first-order valence-electron chi connectivity index (χ1n) is 12.0. The standard InChI is InChI=1S/C26H32N4O4S/c1-4-14-29(18-24-27-25(28-34-24)21-8-5-7-20(3)16-21)26(31)22-9-6-15-30(17-22)35(32,33)23-12-10-19(2)11-13-23/h5,7-8,10-13,16,22H,4,6,9,14-15,17-18H2,1-3H3/t22-/m0/s1. The van der Waals surface area contributed by atoms with Gasteiger partial charge in [-0.25, -0.2) is 8.42 Å². The molecule has 1 atom stereocenters. The van der Waals surface area contributed by atoms with Crippen LogP contribution >= 0.6 is 0 Å². The molecule has 0 bridgehead atoms. The Morgan fingerprint density at radius 1 is 1.14 bits per heavy atom. The summed E-state index contributed by atoms with van der Waals surface area (Å²) in [6, 6.07) is 14.7. The zero-order valence-corrected chi connectivity index (χ0v) is 21.3. The van der Waals surface area contributed by atoms with E-state index in [-0.39, 0.29) is 23.9 Å². The lowest BCUT2D eigenvalue weighted by Crippen LogP contribution is -2.46. The molecule has 1 aromatic heterocycles. The van der Waals surface area contributed by atoms with Crippen molar-refractivity contribution in [3.8, 4) is 11.4 Å². The van der Waals surface area contributed by atoms with E-state index >= 15 is 0 Å². The molecule has 1 saturated heterocycles. The van der Waals surface area contributed by atoms with Gasteiger partial charge in [-0.2, -0.15) is 9.29 Å². The van der Waals surface area contributed by atoms with Gasteiger partial charge in [-0.15, -0.1) is 0 Å². The van der Waals surface area contributed by atoms with E-state index in [0.29, 0.717) is 37.6 Å². The first kappa shape index (κ1) is 25.1. The third-order valence-corrected chi connectivity index (χ3v) is 8.15. The number of hydrogen-bond donors (Lipinski definition) is 0. The van der Waals surface area contributed by atoms with Crippen molar-refractivity contribution in [3.05, 3.63) is 65.5 Å². The van der Waals surface area contributed by atoms with Gasteiger partial charge >= 0.3 is 0 Å². The molecular weight excluding hydrogens is 464 g/mol. The molecule has 2 aromatic carbocycles. The fraction of sp³-hybridized carbons (Fsp3) is 0.423. The van der Waals surface area contributed by atoms with Crippen molar-refractivity contribution in [2.24, 2.45) is 5.92 Å². The normalized spacial score (nSPS) is 16.8. The summed E-state index contributed by atoms with van der Waals surface area (Å²) in [4.78, 5) is 19.9. The molecule has 0 unspecified atom stereocenters. The van der Waals surface area contributed by atoms with Crippen LogP contribution in [0.1, 0.15) is 43.2 Å². The number of nitrogens with zero attached hydrogens (tertiary/aromatic N) is 4. The van der Waals surface area contributed by atoms with Gasteiger partial charge in [0.05, 0.1) is 17.4 Å². The molecule has 1 amide bonds. The minimum atomic E-state index is -3.65. The van der Waals surface area contributed by atoms with Gasteiger partial charge < -0.3 is 9.42 Å². The largest absolute Gasteiger partial charge is 0.337 e. The van der Waals surface area contributed by atoms with E-state index in [4.69, 9.17) is 4.52 Å². The van der Waals surface area contributed by atoms with Gasteiger partial charge in [0.15, 0.2) is 0 Å². The van der Waals surface area contributed by atoms with Crippen molar-refractivity contribution in [2.45, 2.75) is 51.5 Å². The van der Waals surface area contributed by atoms with E-state index in [1.54, 1.807) is 29.2 Å². The Morgan fingerprint density at radius 2 is 1.91 bits per heavy atom. The van der Waals surface area contributed by atoms with Crippen molar-refractivity contribution in [1.29, 1.82) is 0 Å². The molecule has 0 saturated carbocycles. The highest BCUT2D eigenvalue weighted by molar-refractivity contribution is 7.89. The highest BCUT2D eigenvalue weighted by atomic mass is 32.2. The number of hydrogen-bond acceptors (Lipinski definition) is 6. The summed E-state index contributed by atoms with van der Waals surface area (Å²) in [5, 5.41) is 4.09. The van der Waals surface area contributed by atoms with Crippen molar-refractivity contribution in [2.75, 3.05) is 19.6 Å². The first-order valence-corrected chi connectivity index (χ1v) is 13.5. The van der Waals surface area contributed by atoms with Gasteiger partial charge in [-0.1, -0.05) is 53.5 Å². The zero-order chi connectivity index (χ0) is 25.0. The number of aromatic nitrogens is 2. The fourth-order valence-corrected chi connectivity index (χ4v) is 5.92. The number of piperidine rings is 1. The molecule has 0 N–H and O–H groups in total. The summed E-state index contributed by atoms with van der Waals surface area (Å²) in [6.07, 6.45) is 2.06.